The van der Waals surface area contributed by atoms with Crippen LogP contribution in [-0.2, 0) is 19.5 Å². The van der Waals surface area contributed by atoms with E-state index in [2.05, 4.69) is 4.72 Å². The molecule has 0 saturated carbocycles. The SMILES string of the molecule is CCC(C)NS(=O)(=O)c1ccc(C(=O)OCCOC(=O)c2ccccc2)cc1. The second kappa shape index (κ2) is 10.0. The smallest absolute Gasteiger partial charge is 0.338 e. The molecule has 2 aromatic rings. The standard InChI is InChI=1S/C20H23NO6S/c1-3-15(2)21-28(24,25)18-11-9-17(10-12-18)20(23)27-14-13-26-19(22)16-7-5-4-6-8-16/h4-12,15,21H,3,13-14H2,1-2H3. The van der Waals surface area contributed by atoms with Gasteiger partial charge in [-0.05, 0) is 49.7 Å². The van der Waals surface area contributed by atoms with Gasteiger partial charge in [0, 0.05) is 6.04 Å². The summed E-state index contributed by atoms with van der Waals surface area (Å²) in [7, 11) is -3.63. The van der Waals surface area contributed by atoms with E-state index in [0.29, 0.717) is 12.0 Å². The monoisotopic (exact) mass is 405 g/mol. The second-order valence-electron chi connectivity index (χ2n) is 6.09. The predicted molar refractivity (Wildman–Crippen MR) is 104 cm³/mol. The number of carbonyl (C=O) groups excluding carboxylic acids is 2. The van der Waals surface area contributed by atoms with Gasteiger partial charge in [-0.1, -0.05) is 25.1 Å². The quantitative estimate of drug-likeness (QED) is 0.509. The molecule has 28 heavy (non-hydrogen) atoms. The lowest BCUT2D eigenvalue weighted by atomic mass is 10.2. The van der Waals surface area contributed by atoms with Crippen molar-refractivity contribution in [1.82, 2.24) is 4.72 Å². The molecule has 1 N–H and O–H groups in total. The minimum atomic E-state index is -3.63. The Morgan fingerprint density at radius 1 is 0.893 bits per heavy atom. The van der Waals surface area contributed by atoms with Crippen LogP contribution in [0.4, 0.5) is 0 Å². The van der Waals surface area contributed by atoms with Crippen LogP contribution in [0.15, 0.2) is 59.5 Å². The molecule has 1 atom stereocenters. The van der Waals surface area contributed by atoms with E-state index in [1.165, 1.54) is 24.3 Å². The third-order valence-electron chi connectivity index (χ3n) is 3.93. The molecule has 0 aromatic heterocycles. The summed E-state index contributed by atoms with van der Waals surface area (Å²) < 4.78 is 37.0. The Morgan fingerprint density at radius 3 is 1.89 bits per heavy atom. The zero-order valence-electron chi connectivity index (χ0n) is 15.8. The van der Waals surface area contributed by atoms with Crippen LogP contribution < -0.4 is 4.72 Å². The molecule has 0 aliphatic heterocycles. The van der Waals surface area contributed by atoms with E-state index in [1.807, 2.05) is 6.92 Å². The van der Waals surface area contributed by atoms with Crippen molar-refractivity contribution in [2.45, 2.75) is 31.2 Å². The third-order valence-corrected chi connectivity index (χ3v) is 5.53. The van der Waals surface area contributed by atoms with Crippen molar-refractivity contribution >= 4 is 22.0 Å². The second-order valence-corrected chi connectivity index (χ2v) is 7.81. The molecule has 2 aromatic carbocycles. The first-order valence-corrected chi connectivity index (χ1v) is 10.3. The van der Waals surface area contributed by atoms with Gasteiger partial charge in [-0.3, -0.25) is 0 Å². The average Bonchev–Trinajstić information content (AvgIpc) is 2.71. The molecule has 0 saturated heterocycles. The molecule has 0 aliphatic rings. The maximum atomic E-state index is 12.2. The lowest BCUT2D eigenvalue weighted by Crippen LogP contribution is -2.32. The van der Waals surface area contributed by atoms with Crippen LogP contribution in [0.25, 0.3) is 0 Å². The van der Waals surface area contributed by atoms with Crippen molar-refractivity contribution in [2.24, 2.45) is 0 Å². The highest BCUT2D eigenvalue weighted by molar-refractivity contribution is 7.89. The topological polar surface area (TPSA) is 98.8 Å². The number of nitrogens with one attached hydrogen (secondary N) is 1. The summed E-state index contributed by atoms with van der Waals surface area (Å²) in [4.78, 5) is 23.9. The van der Waals surface area contributed by atoms with Crippen molar-refractivity contribution < 1.29 is 27.5 Å². The molecule has 0 heterocycles. The molecule has 0 amide bonds. The molecular weight excluding hydrogens is 382 g/mol. The predicted octanol–water partition coefficient (Wildman–Crippen LogP) is 2.78. The number of hydrogen-bond acceptors (Lipinski definition) is 6. The fraction of sp³-hybridized carbons (Fsp3) is 0.300. The van der Waals surface area contributed by atoms with E-state index in [1.54, 1.807) is 37.3 Å². The fourth-order valence-electron chi connectivity index (χ4n) is 2.20. The van der Waals surface area contributed by atoms with E-state index in [-0.39, 0.29) is 29.7 Å². The van der Waals surface area contributed by atoms with Crippen molar-refractivity contribution in [3.8, 4) is 0 Å². The first-order chi connectivity index (χ1) is 13.3. The first kappa shape index (κ1) is 21.6. The van der Waals surface area contributed by atoms with E-state index >= 15 is 0 Å². The fourth-order valence-corrected chi connectivity index (χ4v) is 3.52. The van der Waals surface area contributed by atoms with Crippen molar-refractivity contribution in [3.05, 3.63) is 65.7 Å². The molecule has 150 valence electrons. The highest BCUT2D eigenvalue weighted by Gasteiger charge is 2.17. The summed E-state index contributed by atoms with van der Waals surface area (Å²) in [6.07, 6.45) is 0.665. The summed E-state index contributed by atoms with van der Waals surface area (Å²) in [5.74, 6) is -1.13. The number of carbonyl (C=O) groups is 2. The maximum absolute atomic E-state index is 12.2. The summed E-state index contributed by atoms with van der Waals surface area (Å²) in [6, 6.07) is 13.7. The van der Waals surface area contributed by atoms with Crippen LogP contribution in [-0.4, -0.2) is 39.6 Å². The van der Waals surface area contributed by atoms with Gasteiger partial charge in [0.05, 0.1) is 16.0 Å². The number of rotatable bonds is 9. The van der Waals surface area contributed by atoms with Crippen LogP contribution in [0, 0.1) is 0 Å². The highest BCUT2D eigenvalue weighted by atomic mass is 32.2. The van der Waals surface area contributed by atoms with Crippen LogP contribution in [0.5, 0.6) is 0 Å². The number of esters is 2. The molecular formula is C20H23NO6S. The lowest BCUT2D eigenvalue weighted by Gasteiger charge is -2.12. The number of hydrogen-bond donors (Lipinski definition) is 1. The minimum Gasteiger partial charge on any atom is -0.458 e. The van der Waals surface area contributed by atoms with E-state index < -0.39 is 22.0 Å². The Bertz CT molecular complexity index is 894. The van der Waals surface area contributed by atoms with Crippen molar-refractivity contribution in [2.75, 3.05) is 13.2 Å². The van der Waals surface area contributed by atoms with E-state index in [4.69, 9.17) is 9.47 Å². The Morgan fingerprint density at radius 2 is 1.39 bits per heavy atom. The van der Waals surface area contributed by atoms with Gasteiger partial charge < -0.3 is 9.47 Å². The molecule has 0 fully saturated rings. The van der Waals surface area contributed by atoms with Gasteiger partial charge in [-0.2, -0.15) is 0 Å². The zero-order valence-corrected chi connectivity index (χ0v) is 16.6. The van der Waals surface area contributed by atoms with Crippen molar-refractivity contribution in [3.63, 3.8) is 0 Å². The summed E-state index contributed by atoms with van der Waals surface area (Å²) >= 11 is 0. The Labute approximate surface area is 164 Å². The number of ether oxygens (including phenoxy) is 2. The zero-order chi connectivity index (χ0) is 20.6. The van der Waals surface area contributed by atoms with Gasteiger partial charge in [0.25, 0.3) is 0 Å². The van der Waals surface area contributed by atoms with Crippen LogP contribution in [0.3, 0.4) is 0 Å². The van der Waals surface area contributed by atoms with E-state index in [9.17, 15) is 18.0 Å². The molecule has 7 nitrogen and oxygen atoms in total. The summed E-state index contributed by atoms with van der Waals surface area (Å²) in [5, 5.41) is 0. The average molecular weight is 405 g/mol. The number of benzene rings is 2. The number of sulfonamides is 1. The molecule has 2 rings (SSSR count). The van der Waals surface area contributed by atoms with Gasteiger partial charge in [0.15, 0.2) is 0 Å². The first-order valence-electron chi connectivity index (χ1n) is 8.85. The van der Waals surface area contributed by atoms with Crippen LogP contribution in [0.2, 0.25) is 0 Å². The van der Waals surface area contributed by atoms with Gasteiger partial charge >= 0.3 is 11.9 Å². The molecule has 1 unspecified atom stereocenters. The molecule has 0 bridgehead atoms. The summed E-state index contributed by atoms with van der Waals surface area (Å²) in [5.41, 5.74) is 0.619. The normalized spacial score (nSPS) is 12.2. The third kappa shape index (κ3) is 6.17. The largest absolute Gasteiger partial charge is 0.458 e. The Balaban J connectivity index is 1.84. The highest BCUT2D eigenvalue weighted by Crippen LogP contribution is 2.12. The van der Waals surface area contributed by atoms with Gasteiger partial charge in [-0.15, -0.1) is 0 Å². The van der Waals surface area contributed by atoms with E-state index in [0.717, 1.165) is 0 Å². The molecule has 0 radical (unpaired) electrons. The molecule has 0 spiro atoms. The lowest BCUT2D eigenvalue weighted by molar-refractivity contribution is 0.0265. The van der Waals surface area contributed by atoms with Crippen LogP contribution >= 0.6 is 0 Å². The molecule has 8 heteroatoms. The van der Waals surface area contributed by atoms with Crippen molar-refractivity contribution in [1.29, 1.82) is 0 Å². The van der Waals surface area contributed by atoms with Gasteiger partial charge in [0.1, 0.15) is 13.2 Å². The Kier molecular flexibility index (Phi) is 7.71. The minimum absolute atomic E-state index is 0.0705. The van der Waals surface area contributed by atoms with Crippen LogP contribution in [0.1, 0.15) is 41.0 Å². The molecule has 0 aliphatic carbocycles. The van der Waals surface area contributed by atoms with Gasteiger partial charge in [-0.25, -0.2) is 22.7 Å². The van der Waals surface area contributed by atoms with Gasteiger partial charge in [0.2, 0.25) is 10.0 Å². The maximum Gasteiger partial charge on any atom is 0.338 e. The Hall–Kier alpha value is -2.71. The summed E-state index contributed by atoms with van der Waals surface area (Å²) in [6.45, 7) is 3.47.